The summed E-state index contributed by atoms with van der Waals surface area (Å²) < 4.78 is 31.9. The Hall–Kier alpha value is -2.96. The third-order valence-corrected chi connectivity index (χ3v) is 4.50. The van der Waals surface area contributed by atoms with Gasteiger partial charge in [0.1, 0.15) is 17.4 Å². The number of carbonyl (C=O) groups excluding carboxylic acids is 2. The van der Waals surface area contributed by atoms with Gasteiger partial charge in [0.25, 0.3) is 5.91 Å². The molecule has 0 radical (unpaired) electrons. The van der Waals surface area contributed by atoms with Crippen molar-refractivity contribution in [1.29, 1.82) is 0 Å². The predicted octanol–water partition coefficient (Wildman–Crippen LogP) is 3.07. The van der Waals surface area contributed by atoms with Crippen LogP contribution in [0.15, 0.2) is 36.4 Å². The maximum Gasteiger partial charge on any atom is 0.254 e. The van der Waals surface area contributed by atoms with E-state index in [4.69, 9.17) is 4.74 Å². The van der Waals surface area contributed by atoms with Crippen LogP contribution in [-0.4, -0.2) is 32.0 Å². The van der Waals surface area contributed by atoms with Gasteiger partial charge in [-0.3, -0.25) is 9.59 Å². The molecule has 1 aliphatic rings. The highest BCUT2D eigenvalue weighted by Gasteiger charge is 2.25. The summed E-state index contributed by atoms with van der Waals surface area (Å²) in [5.41, 5.74) is 1.56. The number of fused-ring (bicyclic) bond motifs is 1. The summed E-state index contributed by atoms with van der Waals surface area (Å²) in [6, 6.07) is 8.41. The molecule has 1 aliphatic heterocycles. The summed E-state index contributed by atoms with van der Waals surface area (Å²) in [7, 11) is 1.56. The first-order valence-corrected chi connectivity index (χ1v) is 8.70. The molecular weight excluding hydrogens is 354 g/mol. The minimum atomic E-state index is -0.937. The van der Waals surface area contributed by atoms with E-state index in [0.717, 1.165) is 36.2 Å². The molecule has 142 valence electrons. The Labute approximate surface area is 155 Å². The second-order valence-electron chi connectivity index (χ2n) is 6.25. The van der Waals surface area contributed by atoms with E-state index in [2.05, 4.69) is 5.32 Å². The Morgan fingerprint density at radius 3 is 2.78 bits per heavy atom. The minimum Gasteiger partial charge on any atom is -0.495 e. The van der Waals surface area contributed by atoms with Gasteiger partial charge in [0.05, 0.1) is 18.4 Å². The molecule has 0 saturated heterocycles. The lowest BCUT2D eigenvalue weighted by Crippen LogP contribution is -2.38. The van der Waals surface area contributed by atoms with Crippen LogP contribution >= 0.6 is 0 Å². The van der Waals surface area contributed by atoms with Crippen molar-refractivity contribution in [1.82, 2.24) is 5.32 Å². The SMILES string of the molecule is COc1cccc2c1N(C(=O)CCNC(=O)c1ccc(F)cc1F)CCC2. The first-order chi connectivity index (χ1) is 13.0. The lowest BCUT2D eigenvalue weighted by Gasteiger charge is -2.31. The number of nitrogens with one attached hydrogen (secondary N) is 1. The van der Waals surface area contributed by atoms with Crippen LogP contribution in [0.3, 0.4) is 0 Å². The highest BCUT2D eigenvalue weighted by Crippen LogP contribution is 2.36. The number of hydrogen-bond acceptors (Lipinski definition) is 3. The highest BCUT2D eigenvalue weighted by molar-refractivity contribution is 5.97. The molecule has 0 spiro atoms. The van der Waals surface area contributed by atoms with Crippen molar-refractivity contribution >= 4 is 17.5 Å². The molecule has 0 saturated carbocycles. The van der Waals surface area contributed by atoms with Gasteiger partial charge in [0.2, 0.25) is 5.91 Å². The first kappa shape index (κ1) is 18.8. The van der Waals surface area contributed by atoms with Gasteiger partial charge in [-0.1, -0.05) is 12.1 Å². The van der Waals surface area contributed by atoms with E-state index in [-0.39, 0.29) is 24.4 Å². The van der Waals surface area contributed by atoms with Crippen LogP contribution in [0.25, 0.3) is 0 Å². The lowest BCUT2D eigenvalue weighted by atomic mass is 10.0. The Balaban J connectivity index is 1.63. The zero-order valence-electron chi connectivity index (χ0n) is 14.9. The summed E-state index contributed by atoms with van der Waals surface area (Å²) >= 11 is 0. The molecule has 0 bridgehead atoms. The van der Waals surface area contributed by atoms with Crippen LogP contribution in [-0.2, 0) is 11.2 Å². The number of ether oxygens (including phenoxy) is 1. The van der Waals surface area contributed by atoms with Gasteiger partial charge in [-0.25, -0.2) is 8.78 Å². The van der Waals surface area contributed by atoms with Crippen LogP contribution in [0, 0.1) is 11.6 Å². The molecule has 0 fully saturated rings. The number of methoxy groups -OCH3 is 1. The van der Waals surface area contributed by atoms with Crippen molar-refractivity contribution in [3.05, 3.63) is 59.2 Å². The van der Waals surface area contributed by atoms with Crippen molar-refractivity contribution in [3.8, 4) is 5.75 Å². The number of hydrogen-bond donors (Lipinski definition) is 1. The molecule has 2 aromatic carbocycles. The maximum absolute atomic E-state index is 13.6. The Kier molecular flexibility index (Phi) is 5.69. The normalized spacial score (nSPS) is 13.1. The zero-order valence-corrected chi connectivity index (χ0v) is 14.9. The zero-order chi connectivity index (χ0) is 19.4. The molecular formula is C20H20F2N2O3. The second-order valence-corrected chi connectivity index (χ2v) is 6.25. The van der Waals surface area contributed by atoms with E-state index in [0.29, 0.717) is 18.4 Å². The average Bonchev–Trinajstić information content (AvgIpc) is 2.66. The number of nitrogens with zero attached hydrogens (tertiary/aromatic N) is 1. The van der Waals surface area contributed by atoms with E-state index >= 15 is 0 Å². The van der Waals surface area contributed by atoms with E-state index in [1.165, 1.54) is 0 Å². The van der Waals surface area contributed by atoms with Crippen molar-refractivity contribution in [2.24, 2.45) is 0 Å². The van der Waals surface area contributed by atoms with Crippen molar-refractivity contribution in [2.75, 3.05) is 25.1 Å². The highest BCUT2D eigenvalue weighted by atomic mass is 19.1. The van der Waals surface area contributed by atoms with Crippen LogP contribution in [0.4, 0.5) is 14.5 Å². The largest absolute Gasteiger partial charge is 0.495 e. The molecule has 2 aromatic rings. The summed E-state index contributed by atoms with van der Waals surface area (Å²) in [4.78, 5) is 26.3. The fraction of sp³-hybridized carbons (Fsp3) is 0.300. The monoisotopic (exact) mass is 374 g/mol. The molecule has 1 N–H and O–H groups in total. The molecule has 0 aliphatic carbocycles. The summed E-state index contributed by atoms with van der Waals surface area (Å²) in [6.07, 6.45) is 1.78. The van der Waals surface area contributed by atoms with Crippen LogP contribution in [0.2, 0.25) is 0 Å². The molecule has 7 heteroatoms. The van der Waals surface area contributed by atoms with Gasteiger partial charge >= 0.3 is 0 Å². The average molecular weight is 374 g/mol. The third-order valence-electron chi connectivity index (χ3n) is 4.50. The van der Waals surface area contributed by atoms with Crippen molar-refractivity contribution in [3.63, 3.8) is 0 Å². The fourth-order valence-electron chi connectivity index (χ4n) is 3.22. The smallest absolute Gasteiger partial charge is 0.254 e. The second kappa shape index (κ2) is 8.16. The van der Waals surface area contributed by atoms with E-state index in [9.17, 15) is 18.4 Å². The van der Waals surface area contributed by atoms with Crippen molar-refractivity contribution < 1.29 is 23.1 Å². The van der Waals surface area contributed by atoms with Gasteiger partial charge in [-0.05, 0) is 36.6 Å². The molecule has 1 heterocycles. The molecule has 3 rings (SSSR count). The third kappa shape index (κ3) is 4.07. The molecule has 2 amide bonds. The van der Waals surface area contributed by atoms with Crippen LogP contribution in [0.5, 0.6) is 5.75 Å². The molecule has 0 aromatic heterocycles. The fourth-order valence-corrected chi connectivity index (χ4v) is 3.22. The van der Waals surface area contributed by atoms with Gasteiger partial charge < -0.3 is 15.0 Å². The first-order valence-electron chi connectivity index (χ1n) is 8.70. The van der Waals surface area contributed by atoms with E-state index < -0.39 is 17.5 Å². The Bertz CT molecular complexity index is 856. The minimum absolute atomic E-state index is 0.0511. The number of para-hydroxylation sites is 1. The Morgan fingerprint density at radius 2 is 2.04 bits per heavy atom. The number of amides is 2. The van der Waals surface area contributed by atoms with Crippen LogP contribution < -0.4 is 15.0 Å². The predicted molar refractivity (Wildman–Crippen MR) is 97.0 cm³/mol. The standard InChI is InChI=1S/C20H20F2N2O3/c1-27-17-6-2-4-13-5-3-11-24(19(13)17)18(25)9-10-23-20(26)15-8-7-14(21)12-16(15)22/h2,4,6-8,12H,3,5,9-11H2,1H3,(H,23,26). The number of halogens is 2. The van der Waals surface area contributed by atoms with Gasteiger partial charge in [0, 0.05) is 25.6 Å². The number of benzene rings is 2. The van der Waals surface area contributed by atoms with Gasteiger partial charge in [-0.15, -0.1) is 0 Å². The maximum atomic E-state index is 13.6. The Morgan fingerprint density at radius 1 is 1.22 bits per heavy atom. The number of rotatable bonds is 5. The van der Waals surface area contributed by atoms with Crippen molar-refractivity contribution in [2.45, 2.75) is 19.3 Å². The molecule has 27 heavy (non-hydrogen) atoms. The van der Waals surface area contributed by atoms with E-state index in [1.807, 2.05) is 18.2 Å². The topological polar surface area (TPSA) is 58.6 Å². The van der Waals surface area contributed by atoms with Gasteiger partial charge in [-0.2, -0.15) is 0 Å². The molecule has 0 atom stereocenters. The molecule has 0 unspecified atom stereocenters. The quantitative estimate of drug-likeness (QED) is 0.875. The number of anilines is 1. The van der Waals surface area contributed by atoms with Gasteiger partial charge in [0.15, 0.2) is 0 Å². The molecule has 5 nitrogen and oxygen atoms in total. The summed E-state index contributed by atoms with van der Waals surface area (Å²) in [5, 5.41) is 2.50. The lowest BCUT2D eigenvalue weighted by molar-refractivity contribution is -0.118. The summed E-state index contributed by atoms with van der Waals surface area (Å²) in [5.74, 6) is -1.89. The van der Waals surface area contributed by atoms with E-state index in [1.54, 1.807) is 12.0 Å². The number of aryl methyl sites for hydroxylation is 1. The number of carbonyl (C=O) groups is 2. The van der Waals surface area contributed by atoms with Crippen LogP contribution in [0.1, 0.15) is 28.8 Å². The summed E-state index contributed by atoms with van der Waals surface area (Å²) in [6.45, 7) is 0.627.